The van der Waals surface area contributed by atoms with E-state index >= 15 is 0 Å². The van der Waals surface area contributed by atoms with Crippen molar-refractivity contribution in [2.45, 2.75) is 13.8 Å². The zero-order valence-electron chi connectivity index (χ0n) is 9.61. The molecule has 0 radical (unpaired) electrons. The number of carbonyl (C=O) groups is 2. The summed E-state index contributed by atoms with van der Waals surface area (Å²) in [5, 5.41) is 9.58. The van der Waals surface area contributed by atoms with Gasteiger partial charge in [0.2, 0.25) is 0 Å². The van der Waals surface area contributed by atoms with Crippen molar-refractivity contribution in [3.05, 3.63) is 29.3 Å². The molecule has 3 nitrogen and oxygen atoms in total. The van der Waals surface area contributed by atoms with Crippen LogP contribution >= 0.6 is 11.8 Å². The fraction of sp³-hybridized carbons (Fsp3) is 0.231. The molecule has 1 rings (SSSR count). The van der Waals surface area contributed by atoms with Crippen molar-refractivity contribution < 1.29 is 14.7 Å². The van der Waals surface area contributed by atoms with E-state index in [1.807, 2.05) is 0 Å². The number of phenolic OH excluding ortho intramolecular Hbond substituents is 1. The molecule has 88 valence electrons. The second-order valence-electron chi connectivity index (χ2n) is 3.37. The Morgan fingerprint density at radius 2 is 2.06 bits per heavy atom. The fourth-order valence-electron chi connectivity index (χ4n) is 1.18. The van der Waals surface area contributed by atoms with E-state index < -0.39 is 0 Å². The number of phenols is 1. The maximum absolute atomic E-state index is 11.1. The van der Waals surface area contributed by atoms with E-state index in [1.54, 1.807) is 12.1 Å². The second kappa shape index (κ2) is 6.12. The van der Waals surface area contributed by atoms with Gasteiger partial charge in [-0.2, -0.15) is 0 Å². The predicted molar refractivity (Wildman–Crippen MR) is 68.1 cm³/mol. The van der Waals surface area contributed by atoms with Gasteiger partial charge in [-0.05, 0) is 25.1 Å². The van der Waals surface area contributed by atoms with Crippen LogP contribution < -0.4 is 0 Å². The molecule has 1 N–H and O–H groups in total. The third-order valence-electron chi connectivity index (χ3n) is 1.96. The Labute approximate surface area is 104 Å². The molecule has 0 aromatic heterocycles. The smallest absolute Gasteiger partial charge is 0.186 e. The Bertz CT molecular complexity index is 509. The van der Waals surface area contributed by atoms with E-state index in [-0.39, 0.29) is 22.2 Å². The number of Topliss-reactive ketones (excluding diaryl/α,β-unsaturated/α-hetero) is 1. The molecule has 0 heterocycles. The standard InChI is InChI=1S/C13H12O3S/c1-9(14)12-6-5-11(8-13(12)16)4-3-7-17-10(2)15/h5-6,8,16H,7H2,1-2H3. The van der Waals surface area contributed by atoms with Crippen LogP contribution in [0.1, 0.15) is 29.8 Å². The number of rotatable bonds is 2. The summed E-state index contributed by atoms with van der Waals surface area (Å²) < 4.78 is 0. The summed E-state index contributed by atoms with van der Waals surface area (Å²) >= 11 is 1.13. The number of hydrogen-bond acceptors (Lipinski definition) is 4. The quantitative estimate of drug-likeness (QED) is 0.644. The van der Waals surface area contributed by atoms with Gasteiger partial charge in [-0.1, -0.05) is 23.6 Å². The Morgan fingerprint density at radius 1 is 1.35 bits per heavy atom. The molecular formula is C13H12O3S. The van der Waals surface area contributed by atoms with Gasteiger partial charge in [0.25, 0.3) is 0 Å². The summed E-state index contributed by atoms with van der Waals surface area (Å²) in [4.78, 5) is 21.7. The lowest BCUT2D eigenvalue weighted by Gasteiger charge is -2.00. The Balaban J connectivity index is 2.77. The van der Waals surface area contributed by atoms with Crippen molar-refractivity contribution in [2.75, 3.05) is 5.75 Å². The van der Waals surface area contributed by atoms with Gasteiger partial charge in [0.1, 0.15) is 5.75 Å². The average Bonchev–Trinajstić information content (AvgIpc) is 2.23. The zero-order valence-corrected chi connectivity index (χ0v) is 10.4. The highest BCUT2D eigenvalue weighted by Crippen LogP contribution is 2.18. The first-order valence-electron chi connectivity index (χ1n) is 4.97. The summed E-state index contributed by atoms with van der Waals surface area (Å²) in [6.45, 7) is 2.88. The predicted octanol–water partition coefficient (Wildman–Crippen LogP) is 2.23. The molecular weight excluding hydrogens is 236 g/mol. The molecule has 0 unspecified atom stereocenters. The molecule has 0 aliphatic rings. The van der Waals surface area contributed by atoms with Crippen molar-refractivity contribution in [3.8, 4) is 17.6 Å². The molecule has 0 aliphatic heterocycles. The highest BCUT2D eigenvalue weighted by molar-refractivity contribution is 8.13. The normalized spacial score (nSPS) is 9.29. The third kappa shape index (κ3) is 4.33. The summed E-state index contributed by atoms with van der Waals surface area (Å²) in [5.41, 5.74) is 0.908. The van der Waals surface area contributed by atoms with Gasteiger partial charge < -0.3 is 5.11 Å². The first kappa shape index (κ1) is 13.3. The van der Waals surface area contributed by atoms with Crippen molar-refractivity contribution in [2.24, 2.45) is 0 Å². The number of hydrogen-bond donors (Lipinski definition) is 1. The molecule has 1 aromatic carbocycles. The molecule has 0 bridgehead atoms. The summed E-state index contributed by atoms with van der Waals surface area (Å²) in [6.07, 6.45) is 0. The van der Waals surface area contributed by atoms with Crippen LogP contribution in [0.2, 0.25) is 0 Å². The minimum atomic E-state index is -0.186. The topological polar surface area (TPSA) is 54.4 Å². The SMILES string of the molecule is CC(=O)SCC#Cc1ccc(C(C)=O)c(O)c1. The number of aromatic hydroxyl groups is 1. The van der Waals surface area contributed by atoms with E-state index in [0.29, 0.717) is 11.3 Å². The lowest BCUT2D eigenvalue weighted by Crippen LogP contribution is -1.92. The first-order chi connectivity index (χ1) is 8.00. The van der Waals surface area contributed by atoms with Crippen molar-refractivity contribution >= 4 is 22.7 Å². The lowest BCUT2D eigenvalue weighted by molar-refractivity contribution is -0.109. The van der Waals surface area contributed by atoms with Gasteiger partial charge >= 0.3 is 0 Å². The van der Waals surface area contributed by atoms with Crippen LogP contribution in [-0.4, -0.2) is 21.8 Å². The van der Waals surface area contributed by atoms with E-state index in [4.69, 9.17) is 0 Å². The third-order valence-corrected chi connectivity index (χ3v) is 2.65. The second-order valence-corrected chi connectivity index (χ2v) is 4.52. The van der Waals surface area contributed by atoms with Gasteiger partial charge in [-0.25, -0.2) is 0 Å². The molecule has 0 saturated heterocycles. The number of ketones is 1. The van der Waals surface area contributed by atoms with Crippen LogP contribution in [0.25, 0.3) is 0 Å². The molecule has 0 spiro atoms. The largest absolute Gasteiger partial charge is 0.507 e. The lowest BCUT2D eigenvalue weighted by atomic mass is 10.1. The number of carbonyl (C=O) groups excluding carboxylic acids is 2. The number of thioether (sulfide) groups is 1. The fourth-order valence-corrected chi connectivity index (χ4v) is 1.53. The van der Waals surface area contributed by atoms with Gasteiger partial charge in [0.05, 0.1) is 11.3 Å². The van der Waals surface area contributed by atoms with Crippen LogP contribution in [0.5, 0.6) is 5.75 Å². The van der Waals surface area contributed by atoms with Gasteiger partial charge in [-0.15, -0.1) is 0 Å². The first-order valence-corrected chi connectivity index (χ1v) is 5.95. The van der Waals surface area contributed by atoms with Crippen LogP contribution in [0.3, 0.4) is 0 Å². The van der Waals surface area contributed by atoms with Crippen molar-refractivity contribution in [3.63, 3.8) is 0 Å². The summed E-state index contributed by atoms with van der Waals surface area (Å²) in [5.74, 6) is 5.79. The monoisotopic (exact) mass is 248 g/mol. The van der Waals surface area contributed by atoms with Crippen LogP contribution in [0, 0.1) is 11.8 Å². The molecule has 0 aliphatic carbocycles. The minimum Gasteiger partial charge on any atom is -0.507 e. The highest BCUT2D eigenvalue weighted by Gasteiger charge is 2.05. The highest BCUT2D eigenvalue weighted by atomic mass is 32.2. The van der Waals surface area contributed by atoms with Crippen molar-refractivity contribution in [1.29, 1.82) is 0 Å². The van der Waals surface area contributed by atoms with Crippen molar-refractivity contribution in [1.82, 2.24) is 0 Å². The molecule has 4 heteroatoms. The maximum atomic E-state index is 11.1. The molecule has 17 heavy (non-hydrogen) atoms. The van der Waals surface area contributed by atoms with E-state index in [1.165, 1.54) is 19.9 Å². The van der Waals surface area contributed by atoms with Crippen LogP contribution in [0.4, 0.5) is 0 Å². The molecule has 0 atom stereocenters. The van der Waals surface area contributed by atoms with Crippen LogP contribution in [-0.2, 0) is 4.79 Å². The number of benzene rings is 1. The molecule has 1 aromatic rings. The Kier molecular flexibility index (Phi) is 4.80. The van der Waals surface area contributed by atoms with Gasteiger partial charge in [0.15, 0.2) is 10.9 Å². The zero-order chi connectivity index (χ0) is 12.8. The molecule has 0 fully saturated rings. The van der Waals surface area contributed by atoms with Gasteiger partial charge in [-0.3, -0.25) is 9.59 Å². The molecule has 0 saturated carbocycles. The minimum absolute atomic E-state index is 0.0223. The average molecular weight is 248 g/mol. The molecule has 0 amide bonds. The Hall–Kier alpha value is -1.73. The maximum Gasteiger partial charge on any atom is 0.186 e. The van der Waals surface area contributed by atoms with E-state index in [0.717, 1.165) is 11.8 Å². The summed E-state index contributed by atoms with van der Waals surface area (Å²) in [6, 6.07) is 4.66. The van der Waals surface area contributed by atoms with E-state index in [2.05, 4.69) is 11.8 Å². The summed E-state index contributed by atoms with van der Waals surface area (Å²) in [7, 11) is 0. The Morgan fingerprint density at radius 3 is 2.59 bits per heavy atom. The van der Waals surface area contributed by atoms with Gasteiger partial charge in [0, 0.05) is 12.5 Å². The van der Waals surface area contributed by atoms with E-state index in [9.17, 15) is 14.7 Å². The van der Waals surface area contributed by atoms with Crippen LogP contribution in [0.15, 0.2) is 18.2 Å².